The number of carboxylic acid groups (broad SMARTS) is 1. The molecule has 0 fully saturated rings. The minimum atomic E-state index is -3.99. The zero-order valence-electron chi connectivity index (χ0n) is 19.7. The van der Waals surface area contributed by atoms with Gasteiger partial charge in [-0.1, -0.05) is 39.0 Å². The van der Waals surface area contributed by atoms with Crippen LogP contribution in [0.2, 0.25) is 0 Å². The summed E-state index contributed by atoms with van der Waals surface area (Å²) in [6.45, 7) is 9.78. The quantitative estimate of drug-likeness (QED) is 0.407. The van der Waals surface area contributed by atoms with Crippen molar-refractivity contribution in [1.82, 2.24) is 4.90 Å². The Morgan fingerprint density at radius 1 is 1.12 bits per heavy atom. The second-order valence-corrected chi connectivity index (χ2v) is 10.2. The third kappa shape index (κ3) is 5.86. The summed E-state index contributed by atoms with van der Waals surface area (Å²) in [5, 5.41) is 13.2. The largest absolute Gasteiger partial charge is 0.478 e. The number of nitrogens with one attached hydrogen (secondary N) is 2. The highest BCUT2D eigenvalue weighted by molar-refractivity contribution is 7.92. The van der Waals surface area contributed by atoms with E-state index in [0.717, 1.165) is 56.4 Å². The lowest BCUT2D eigenvalue weighted by Gasteiger charge is -2.26. The lowest BCUT2D eigenvalue weighted by molar-refractivity contribution is 0.0696. The number of carbonyl (C=O) groups is 1. The fourth-order valence-electron chi connectivity index (χ4n) is 4.61. The second kappa shape index (κ2) is 11.0. The Bertz CT molecular complexity index is 1080. The Labute approximate surface area is 197 Å². The standard InChI is InChI=1S/C25H35N3O4S/c1-4-28(5-2)17-9-16-26-20-12-6-7-13-22(20)33(31,32)27-21-15-14-19-11-8-10-18(3)23(19)24(21)25(29)30/h6-7,12-15,18,26-27H,4-5,8-11,16-17H2,1-3H3,(H,29,30)/t18-/m0/s1. The van der Waals surface area contributed by atoms with E-state index < -0.39 is 16.0 Å². The molecule has 0 heterocycles. The van der Waals surface area contributed by atoms with Crippen molar-refractivity contribution in [1.29, 1.82) is 0 Å². The zero-order chi connectivity index (χ0) is 24.0. The van der Waals surface area contributed by atoms with Crippen molar-refractivity contribution >= 4 is 27.4 Å². The van der Waals surface area contributed by atoms with Crippen LogP contribution in [-0.4, -0.2) is 50.6 Å². The Morgan fingerprint density at radius 2 is 1.85 bits per heavy atom. The van der Waals surface area contributed by atoms with Gasteiger partial charge in [0, 0.05) is 6.54 Å². The van der Waals surface area contributed by atoms with E-state index >= 15 is 0 Å². The van der Waals surface area contributed by atoms with Crippen molar-refractivity contribution in [2.75, 3.05) is 36.2 Å². The summed E-state index contributed by atoms with van der Waals surface area (Å²) < 4.78 is 29.2. The fraction of sp³-hybridized carbons (Fsp3) is 0.480. The van der Waals surface area contributed by atoms with Crippen LogP contribution in [0, 0.1) is 0 Å². The predicted octanol–water partition coefficient (Wildman–Crippen LogP) is 4.77. The molecule has 1 aliphatic carbocycles. The summed E-state index contributed by atoms with van der Waals surface area (Å²) in [6, 6.07) is 10.2. The molecular formula is C25H35N3O4S. The number of anilines is 2. The number of hydrogen-bond acceptors (Lipinski definition) is 5. The number of sulfonamides is 1. The number of para-hydroxylation sites is 1. The number of benzene rings is 2. The number of hydrogen-bond donors (Lipinski definition) is 3. The van der Waals surface area contributed by atoms with Crippen LogP contribution in [0.3, 0.4) is 0 Å². The van der Waals surface area contributed by atoms with Gasteiger partial charge in [-0.2, -0.15) is 0 Å². The molecule has 0 saturated carbocycles. The summed E-state index contributed by atoms with van der Waals surface area (Å²) in [4.78, 5) is 14.6. The monoisotopic (exact) mass is 473 g/mol. The van der Waals surface area contributed by atoms with Crippen molar-refractivity contribution in [3.8, 4) is 0 Å². The highest BCUT2D eigenvalue weighted by atomic mass is 32.2. The van der Waals surface area contributed by atoms with Gasteiger partial charge in [-0.15, -0.1) is 0 Å². The van der Waals surface area contributed by atoms with Crippen LogP contribution in [0.5, 0.6) is 0 Å². The fourth-order valence-corrected chi connectivity index (χ4v) is 5.87. The molecule has 3 N–H and O–H groups in total. The average Bonchev–Trinajstić information content (AvgIpc) is 2.79. The lowest BCUT2D eigenvalue weighted by atomic mass is 9.80. The SMILES string of the molecule is CCN(CC)CCCNc1ccccc1S(=O)(=O)Nc1ccc2c(c1C(=O)O)[C@@H](C)CCC2. The Hall–Kier alpha value is -2.58. The molecule has 0 spiro atoms. The van der Waals surface area contributed by atoms with E-state index in [9.17, 15) is 18.3 Å². The number of rotatable bonds is 11. The maximum Gasteiger partial charge on any atom is 0.338 e. The van der Waals surface area contributed by atoms with Crippen LogP contribution < -0.4 is 10.0 Å². The molecule has 0 aromatic heterocycles. The van der Waals surface area contributed by atoms with Crippen molar-refractivity contribution in [2.24, 2.45) is 0 Å². The number of aromatic carboxylic acids is 1. The molecule has 0 unspecified atom stereocenters. The van der Waals surface area contributed by atoms with Crippen molar-refractivity contribution < 1.29 is 18.3 Å². The molecule has 0 saturated heterocycles. The van der Waals surface area contributed by atoms with Gasteiger partial charge in [0.1, 0.15) is 4.90 Å². The molecule has 0 amide bonds. The summed E-state index contributed by atoms with van der Waals surface area (Å²) >= 11 is 0. The first-order chi connectivity index (χ1) is 15.8. The number of fused-ring (bicyclic) bond motifs is 1. The summed E-state index contributed by atoms with van der Waals surface area (Å²) in [5.41, 5.74) is 2.42. The molecule has 1 atom stereocenters. The average molecular weight is 474 g/mol. The normalized spacial score (nSPS) is 15.8. The maximum absolute atomic E-state index is 13.3. The van der Waals surface area contributed by atoms with E-state index in [4.69, 9.17) is 0 Å². The Kier molecular flexibility index (Phi) is 8.37. The summed E-state index contributed by atoms with van der Waals surface area (Å²) in [7, 11) is -3.99. The van der Waals surface area contributed by atoms with Gasteiger partial charge in [-0.05, 0) is 80.6 Å². The third-order valence-electron chi connectivity index (χ3n) is 6.41. The molecule has 0 aliphatic heterocycles. The van der Waals surface area contributed by atoms with Gasteiger partial charge in [0.05, 0.1) is 16.9 Å². The summed E-state index contributed by atoms with van der Waals surface area (Å²) in [6.07, 6.45) is 3.60. The minimum absolute atomic E-state index is 0.0629. The van der Waals surface area contributed by atoms with Crippen LogP contribution in [-0.2, 0) is 16.4 Å². The summed E-state index contributed by atoms with van der Waals surface area (Å²) in [5.74, 6) is -1.04. The van der Waals surface area contributed by atoms with Crippen LogP contribution in [0.4, 0.5) is 11.4 Å². The molecule has 2 aromatic rings. The van der Waals surface area contributed by atoms with E-state index in [-0.39, 0.29) is 22.1 Å². The molecule has 0 radical (unpaired) electrons. The van der Waals surface area contributed by atoms with Gasteiger partial charge in [0.25, 0.3) is 10.0 Å². The van der Waals surface area contributed by atoms with Crippen LogP contribution in [0.15, 0.2) is 41.3 Å². The Balaban J connectivity index is 1.85. The molecular weight excluding hydrogens is 438 g/mol. The van der Waals surface area contributed by atoms with Gasteiger partial charge < -0.3 is 15.3 Å². The number of nitrogens with zero attached hydrogens (tertiary/aromatic N) is 1. The minimum Gasteiger partial charge on any atom is -0.478 e. The maximum atomic E-state index is 13.3. The van der Waals surface area contributed by atoms with Gasteiger partial charge in [0.15, 0.2) is 0 Å². The Morgan fingerprint density at radius 3 is 2.55 bits per heavy atom. The molecule has 2 aromatic carbocycles. The number of aryl methyl sites for hydroxylation is 1. The van der Waals surface area contributed by atoms with Gasteiger partial charge in [-0.3, -0.25) is 4.72 Å². The van der Waals surface area contributed by atoms with E-state index in [0.29, 0.717) is 12.2 Å². The predicted molar refractivity (Wildman–Crippen MR) is 133 cm³/mol. The van der Waals surface area contributed by atoms with E-state index in [1.54, 1.807) is 24.3 Å². The molecule has 0 bridgehead atoms. The van der Waals surface area contributed by atoms with Crippen molar-refractivity contribution in [2.45, 2.75) is 57.3 Å². The highest BCUT2D eigenvalue weighted by Crippen LogP contribution is 2.38. The molecule has 7 nitrogen and oxygen atoms in total. The first kappa shape index (κ1) is 25.1. The molecule has 3 rings (SSSR count). The zero-order valence-corrected chi connectivity index (χ0v) is 20.5. The topological polar surface area (TPSA) is 98.7 Å². The number of carboxylic acids is 1. The van der Waals surface area contributed by atoms with Crippen LogP contribution in [0.25, 0.3) is 0 Å². The van der Waals surface area contributed by atoms with Gasteiger partial charge >= 0.3 is 5.97 Å². The van der Waals surface area contributed by atoms with E-state index in [1.807, 2.05) is 13.0 Å². The highest BCUT2D eigenvalue weighted by Gasteiger charge is 2.28. The molecule has 33 heavy (non-hydrogen) atoms. The van der Waals surface area contributed by atoms with Crippen molar-refractivity contribution in [3.63, 3.8) is 0 Å². The van der Waals surface area contributed by atoms with Crippen LogP contribution >= 0.6 is 0 Å². The molecule has 180 valence electrons. The van der Waals surface area contributed by atoms with E-state index in [1.165, 1.54) is 6.07 Å². The van der Waals surface area contributed by atoms with Gasteiger partial charge in [0.2, 0.25) is 0 Å². The van der Waals surface area contributed by atoms with Crippen LogP contribution in [0.1, 0.15) is 67.4 Å². The third-order valence-corrected chi connectivity index (χ3v) is 7.83. The van der Waals surface area contributed by atoms with E-state index in [2.05, 4.69) is 28.8 Å². The first-order valence-corrected chi connectivity index (χ1v) is 13.2. The lowest BCUT2D eigenvalue weighted by Crippen LogP contribution is -2.25. The van der Waals surface area contributed by atoms with Gasteiger partial charge in [-0.25, -0.2) is 13.2 Å². The smallest absolute Gasteiger partial charge is 0.338 e. The molecule has 1 aliphatic rings. The van der Waals surface area contributed by atoms with Crippen molar-refractivity contribution in [3.05, 3.63) is 53.1 Å². The molecule has 8 heteroatoms. The first-order valence-electron chi connectivity index (χ1n) is 11.8. The second-order valence-electron chi connectivity index (χ2n) is 8.57.